The second-order valence-corrected chi connectivity index (χ2v) is 3.11. The van der Waals surface area contributed by atoms with Crippen LogP contribution in [0.4, 0.5) is 0 Å². The van der Waals surface area contributed by atoms with Crippen LogP contribution in [-0.4, -0.2) is 25.7 Å². The van der Waals surface area contributed by atoms with E-state index in [4.69, 9.17) is 0 Å². The monoisotopic (exact) mass is 280 g/mol. The fraction of sp³-hybridized carbons (Fsp3) is 0.429. The van der Waals surface area contributed by atoms with Crippen LogP contribution < -0.4 is 10.9 Å². The van der Waals surface area contributed by atoms with E-state index in [1.807, 2.05) is 13.8 Å². The number of hydrogen-bond acceptors (Lipinski definition) is 6. The van der Waals surface area contributed by atoms with Gasteiger partial charge in [-0.15, -0.1) is 0 Å². The van der Waals surface area contributed by atoms with E-state index in [1.54, 1.807) is 27.0 Å². The molecule has 0 unspecified atom stereocenters. The van der Waals surface area contributed by atoms with E-state index in [0.29, 0.717) is 5.70 Å². The number of carbonyl (C=O) groups is 2. The molecular weight excluding hydrogens is 256 g/mol. The first-order chi connectivity index (χ1) is 9.60. The molecule has 0 aliphatic carbocycles. The highest BCUT2D eigenvalue weighted by atomic mass is 16.1. The van der Waals surface area contributed by atoms with E-state index < -0.39 is 0 Å². The summed E-state index contributed by atoms with van der Waals surface area (Å²) in [6.07, 6.45) is 5.51. The molecule has 6 heteroatoms. The Morgan fingerprint density at radius 2 is 1.55 bits per heavy atom. The second kappa shape index (κ2) is 13.4. The van der Waals surface area contributed by atoms with E-state index in [1.165, 1.54) is 25.3 Å². The van der Waals surface area contributed by atoms with Crippen LogP contribution >= 0.6 is 0 Å². The van der Waals surface area contributed by atoms with Crippen LogP contribution in [0.15, 0.2) is 45.9 Å². The first kappa shape index (κ1) is 20.2. The van der Waals surface area contributed by atoms with Gasteiger partial charge in [0.15, 0.2) is 0 Å². The molecule has 0 amide bonds. The zero-order valence-corrected chi connectivity index (χ0v) is 13.0. The summed E-state index contributed by atoms with van der Waals surface area (Å²) in [5.41, 5.74) is 5.87. The highest BCUT2D eigenvalue weighted by Gasteiger charge is 2.07. The van der Waals surface area contributed by atoms with Gasteiger partial charge in [0, 0.05) is 14.1 Å². The standard InChI is InChI=1S/C12H18N4O2.C2H6/c1-5-9(15-13-3)11(17)7-8-12(18)10(6-2)16-14-4;1-2/h5-8,13,15H,1-4H3;1-2H3/b8-7?,9-5+,10-6+,16-14?;. The molecule has 0 aromatic rings. The number of carbonyl (C=O) groups excluding carboxylic acids is 2. The lowest BCUT2D eigenvalue weighted by atomic mass is 10.2. The molecule has 0 radical (unpaired) electrons. The first-order valence-corrected chi connectivity index (χ1v) is 6.42. The van der Waals surface area contributed by atoms with Gasteiger partial charge in [0.05, 0.1) is 5.70 Å². The van der Waals surface area contributed by atoms with Crippen molar-refractivity contribution in [1.82, 2.24) is 10.9 Å². The lowest BCUT2D eigenvalue weighted by molar-refractivity contribution is -0.113. The van der Waals surface area contributed by atoms with Crippen molar-refractivity contribution < 1.29 is 9.59 Å². The van der Waals surface area contributed by atoms with Crippen molar-refractivity contribution in [2.75, 3.05) is 14.1 Å². The number of ketones is 2. The quantitative estimate of drug-likeness (QED) is 0.426. The third-order valence-corrected chi connectivity index (χ3v) is 1.93. The fourth-order valence-electron chi connectivity index (χ4n) is 1.09. The van der Waals surface area contributed by atoms with E-state index in [2.05, 4.69) is 21.1 Å². The van der Waals surface area contributed by atoms with Gasteiger partial charge in [0.1, 0.15) is 5.70 Å². The molecular formula is C14H24N4O2. The summed E-state index contributed by atoms with van der Waals surface area (Å²) in [5.74, 6) is -0.666. The van der Waals surface area contributed by atoms with Crippen molar-refractivity contribution in [2.24, 2.45) is 10.2 Å². The summed E-state index contributed by atoms with van der Waals surface area (Å²) >= 11 is 0. The maximum atomic E-state index is 11.7. The molecule has 0 fully saturated rings. The van der Waals surface area contributed by atoms with Crippen LogP contribution in [0.5, 0.6) is 0 Å². The number of nitrogens with zero attached hydrogens (tertiary/aromatic N) is 2. The third kappa shape index (κ3) is 8.10. The number of allylic oxidation sites excluding steroid dienone is 4. The van der Waals surface area contributed by atoms with Gasteiger partial charge in [0.2, 0.25) is 11.6 Å². The Morgan fingerprint density at radius 1 is 1.00 bits per heavy atom. The Morgan fingerprint density at radius 3 is 1.95 bits per heavy atom. The SMILES string of the molecule is C/C=C(/N=NC)C(=O)C=CC(=O)/C(=C\C)NNC.CC. The van der Waals surface area contributed by atoms with Crippen molar-refractivity contribution >= 4 is 11.6 Å². The molecule has 2 N–H and O–H groups in total. The average molecular weight is 280 g/mol. The van der Waals surface area contributed by atoms with Gasteiger partial charge in [0.25, 0.3) is 0 Å². The largest absolute Gasteiger partial charge is 0.319 e. The molecule has 0 aromatic heterocycles. The zero-order chi connectivity index (χ0) is 16.0. The second-order valence-electron chi connectivity index (χ2n) is 3.11. The van der Waals surface area contributed by atoms with E-state index in [9.17, 15) is 9.59 Å². The molecule has 0 atom stereocenters. The van der Waals surface area contributed by atoms with Crippen molar-refractivity contribution in [3.05, 3.63) is 35.7 Å². The van der Waals surface area contributed by atoms with Gasteiger partial charge in [-0.3, -0.25) is 9.59 Å². The van der Waals surface area contributed by atoms with Crippen LogP contribution in [0.1, 0.15) is 27.7 Å². The van der Waals surface area contributed by atoms with Crippen molar-refractivity contribution in [3.8, 4) is 0 Å². The summed E-state index contributed by atoms with van der Waals surface area (Å²) in [7, 11) is 3.12. The van der Waals surface area contributed by atoms with E-state index >= 15 is 0 Å². The zero-order valence-electron chi connectivity index (χ0n) is 13.0. The summed E-state index contributed by atoms with van der Waals surface area (Å²) < 4.78 is 0. The summed E-state index contributed by atoms with van der Waals surface area (Å²) in [6, 6.07) is 0. The topological polar surface area (TPSA) is 82.9 Å². The number of nitrogens with one attached hydrogen (secondary N) is 2. The minimum Gasteiger partial charge on any atom is -0.319 e. The molecule has 0 saturated carbocycles. The van der Waals surface area contributed by atoms with Crippen LogP contribution in [0.3, 0.4) is 0 Å². The Labute approximate surface area is 120 Å². The Bertz CT molecular complexity index is 421. The maximum Gasteiger partial charge on any atom is 0.205 e. The van der Waals surface area contributed by atoms with Gasteiger partial charge in [-0.1, -0.05) is 26.0 Å². The van der Waals surface area contributed by atoms with Gasteiger partial charge in [-0.05, 0) is 26.0 Å². The maximum absolute atomic E-state index is 11.7. The normalized spacial score (nSPS) is 12.3. The van der Waals surface area contributed by atoms with E-state index in [0.717, 1.165) is 0 Å². The van der Waals surface area contributed by atoms with Gasteiger partial charge < -0.3 is 5.43 Å². The van der Waals surface area contributed by atoms with Gasteiger partial charge >= 0.3 is 0 Å². The molecule has 0 aromatic carbocycles. The molecule has 6 nitrogen and oxygen atoms in total. The Balaban J connectivity index is 0. The van der Waals surface area contributed by atoms with E-state index in [-0.39, 0.29) is 17.3 Å². The molecule has 0 aliphatic heterocycles. The molecule has 20 heavy (non-hydrogen) atoms. The molecule has 0 saturated heterocycles. The van der Waals surface area contributed by atoms with Crippen LogP contribution in [0.25, 0.3) is 0 Å². The highest BCUT2D eigenvalue weighted by molar-refractivity contribution is 6.10. The highest BCUT2D eigenvalue weighted by Crippen LogP contribution is 2.01. The Hall–Kier alpha value is -2.08. The summed E-state index contributed by atoms with van der Waals surface area (Å²) in [5, 5.41) is 7.17. The lowest BCUT2D eigenvalue weighted by Crippen LogP contribution is -2.30. The van der Waals surface area contributed by atoms with Gasteiger partial charge in [-0.25, -0.2) is 5.43 Å². The Kier molecular flexibility index (Phi) is 13.5. The fourth-order valence-corrected chi connectivity index (χ4v) is 1.09. The summed E-state index contributed by atoms with van der Waals surface area (Å²) in [4.78, 5) is 23.3. The lowest BCUT2D eigenvalue weighted by Gasteiger charge is -2.04. The van der Waals surface area contributed by atoms with Crippen LogP contribution in [-0.2, 0) is 9.59 Å². The number of hydrogen-bond donors (Lipinski definition) is 2. The third-order valence-electron chi connectivity index (χ3n) is 1.93. The molecule has 0 heterocycles. The molecule has 112 valence electrons. The minimum atomic E-state index is -0.364. The van der Waals surface area contributed by atoms with Crippen molar-refractivity contribution in [3.63, 3.8) is 0 Å². The summed E-state index contributed by atoms with van der Waals surface area (Å²) in [6.45, 7) is 7.40. The molecule has 0 rings (SSSR count). The molecule has 0 spiro atoms. The first-order valence-electron chi connectivity index (χ1n) is 6.42. The molecule has 0 aliphatic rings. The minimum absolute atomic E-state index is 0.199. The van der Waals surface area contributed by atoms with Crippen LogP contribution in [0.2, 0.25) is 0 Å². The van der Waals surface area contributed by atoms with Crippen LogP contribution in [0, 0.1) is 0 Å². The number of rotatable bonds is 7. The van der Waals surface area contributed by atoms with Crippen molar-refractivity contribution in [1.29, 1.82) is 0 Å². The molecule has 0 bridgehead atoms. The number of hydrazine groups is 1. The van der Waals surface area contributed by atoms with Crippen molar-refractivity contribution in [2.45, 2.75) is 27.7 Å². The smallest absolute Gasteiger partial charge is 0.205 e. The number of azo groups is 1. The van der Waals surface area contributed by atoms with Gasteiger partial charge in [-0.2, -0.15) is 10.2 Å². The predicted molar refractivity (Wildman–Crippen MR) is 81.0 cm³/mol. The average Bonchev–Trinajstić information content (AvgIpc) is 2.49. The predicted octanol–water partition coefficient (Wildman–Crippen LogP) is 2.32.